The summed E-state index contributed by atoms with van der Waals surface area (Å²) in [6.45, 7) is 8.54. The first-order valence-electron chi connectivity index (χ1n) is 24.4. The van der Waals surface area contributed by atoms with Crippen LogP contribution in [0.2, 0.25) is 0 Å². The van der Waals surface area contributed by atoms with Crippen LogP contribution in [0.5, 0.6) is 5.75 Å². The predicted molar refractivity (Wildman–Crippen MR) is 280 cm³/mol. The average molecular weight is 1150 g/mol. The summed E-state index contributed by atoms with van der Waals surface area (Å²) in [6, 6.07) is 10.0. The smallest absolute Gasteiger partial charge is 0.420 e. The van der Waals surface area contributed by atoms with E-state index in [1.165, 1.54) is 36.2 Å². The zero-order chi connectivity index (χ0) is 58.5. The normalized spacial score (nSPS) is 15.3. The van der Waals surface area contributed by atoms with Gasteiger partial charge in [0.05, 0.1) is 63.5 Å². The van der Waals surface area contributed by atoms with E-state index in [9.17, 15) is 36.7 Å². The van der Waals surface area contributed by atoms with Gasteiger partial charge in [-0.3, -0.25) is 19.4 Å². The molecule has 1 saturated heterocycles. The van der Waals surface area contributed by atoms with Crippen LogP contribution in [0.3, 0.4) is 0 Å². The number of likely N-dealkylation sites (tertiary alicyclic amines) is 1. The Balaban J connectivity index is 1.03. The van der Waals surface area contributed by atoms with Crippen molar-refractivity contribution in [2.24, 2.45) is 5.41 Å². The van der Waals surface area contributed by atoms with Crippen LogP contribution in [-0.2, 0) is 30.1 Å². The number of halogens is 9. The van der Waals surface area contributed by atoms with Gasteiger partial charge in [-0.1, -0.05) is 45.0 Å². The molecule has 2 N–H and O–H groups in total. The molecule has 25 heteroatoms. The third-order valence-corrected chi connectivity index (χ3v) is 14.3. The number of aryl methyl sites for hydroxylation is 1. The van der Waals surface area contributed by atoms with Crippen LogP contribution < -0.4 is 25.2 Å². The Morgan fingerprint density at radius 2 is 1.58 bits per heavy atom. The summed E-state index contributed by atoms with van der Waals surface area (Å²) in [5.74, 6) is -9.05. The van der Waals surface area contributed by atoms with Gasteiger partial charge >= 0.3 is 6.18 Å². The number of carbonyl (C=O) groups is 4. The standard InChI is InChI=1S/C54H55F9N8O6S2/c1-28(30-11-13-31(14-12-30)47-29(2)66-27-79-47)67-49(74)41-10-9-17-70(41)50(75)48(52(3,4)5)68-42(73)25-76-23-38(58)39(59)24-77-46-36(56)18-33(19-37(46)57)45-35(55)20-34(22-65-45)71(53(6,7)26-72)51(78)69(8)40-16-15-32(21-64)43(44(40)60)54(61,62)63/h11-16,18-20,22,26-28,38-39,41,48H,9-10,17,23-25H2,1-8H3,(H,67,74)(H,68,73). The lowest BCUT2D eigenvalue weighted by Gasteiger charge is -2.39. The Morgan fingerprint density at radius 1 is 0.937 bits per heavy atom. The Labute approximate surface area is 458 Å². The van der Waals surface area contributed by atoms with E-state index in [1.807, 2.05) is 38.1 Å². The number of aromatic nitrogens is 2. The molecule has 0 spiro atoms. The number of anilines is 2. The number of aldehydes is 1. The molecule has 0 saturated carbocycles. The van der Waals surface area contributed by atoms with Gasteiger partial charge in [0.1, 0.15) is 42.8 Å². The minimum atomic E-state index is -5.29. The fourth-order valence-electron chi connectivity index (χ4n) is 8.64. The Hall–Kier alpha value is -7.17. The van der Waals surface area contributed by atoms with Crippen molar-refractivity contribution in [2.75, 3.05) is 43.2 Å². The maximum absolute atomic E-state index is 15.9. The first kappa shape index (κ1) is 61.0. The van der Waals surface area contributed by atoms with E-state index in [1.54, 1.807) is 26.3 Å². The molecule has 0 aliphatic carbocycles. The molecule has 2 aromatic heterocycles. The molecule has 0 bridgehead atoms. The SMILES string of the molecule is Cc1ncsc1-c1ccc(C(C)NC(=O)C2CCCN2C(=O)C(NC(=O)COCC(F)C(F)COc2c(F)cc(-c3ncc(N(C(=S)N(C)c4ccc(C#N)c(C(F)(F)F)c4F)C(C)(C)C=O)cc3F)cc2F)C(C)(C)C)cc1. The highest BCUT2D eigenvalue weighted by Crippen LogP contribution is 2.39. The molecule has 3 amide bonds. The maximum atomic E-state index is 15.9. The third-order valence-electron chi connectivity index (χ3n) is 12.9. The molecule has 1 aliphatic heterocycles. The van der Waals surface area contributed by atoms with Crippen LogP contribution in [-0.4, -0.2) is 107 Å². The number of amides is 3. The Bertz CT molecular complexity index is 3110. The molecule has 1 aliphatic rings. The number of nitrogens with zero attached hydrogens (tertiary/aromatic N) is 6. The van der Waals surface area contributed by atoms with Gasteiger partial charge in [-0.25, -0.2) is 31.3 Å². The Kier molecular flexibility index (Phi) is 19.2. The largest absolute Gasteiger partial charge is 0.484 e. The maximum Gasteiger partial charge on any atom is 0.420 e. The van der Waals surface area contributed by atoms with Crippen LogP contribution in [0.25, 0.3) is 21.7 Å². The quantitative estimate of drug-likeness (QED) is 0.0457. The van der Waals surface area contributed by atoms with E-state index in [4.69, 9.17) is 27.0 Å². The van der Waals surface area contributed by atoms with Gasteiger partial charge in [0.15, 0.2) is 46.5 Å². The topological polar surface area (TPSA) is 170 Å². The molecule has 3 heterocycles. The summed E-state index contributed by atoms with van der Waals surface area (Å²) in [5, 5.41) is 14.2. The minimum absolute atomic E-state index is 0.246. The number of nitriles is 1. The van der Waals surface area contributed by atoms with Crippen molar-refractivity contribution in [3.05, 3.63) is 112 Å². The number of ether oxygens (including phenoxy) is 2. The summed E-state index contributed by atoms with van der Waals surface area (Å²) >= 11 is 6.97. The highest BCUT2D eigenvalue weighted by atomic mass is 32.1. The van der Waals surface area contributed by atoms with Gasteiger partial charge < -0.3 is 39.6 Å². The van der Waals surface area contributed by atoms with E-state index in [-0.39, 0.29) is 18.1 Å². The second-order valence-electron chi connectivity index (χ2n) is 20.2. The summed E-state index contributed by atoms with van der Waals surface area (Å²) in [5.41, 5.74) is -3.24. The van der Waals surface area contributed by atoms with Gasteiger partial charge in [-0.15, -0.1) is 11.3 Å². The third kappa shape index (κ3) is 14.0. The van der Waals surface area contributed by atoms with E-state index in [2.05, 4.69) is 20.6 Å². The van der Waals surface area contributed by atoms with Gasteiger partial charge in [0.25, 0.3) is 0 Å². The fourth-order valence-corrected chi connectivity index (χ4v) is 9.89. The number of thiazole rings is 1. The number of hydrogen-bond acceptors (Lipinski definition) is 11. The number of nitrogens with one attached hydrogen (secondary N) is 2. The highest BCUT2D eigenvalue weighted by molar-refractivity contribution is 7.80. The van der Waals surface area contributed by atoms with Crippen molar-refractivity contribution < 1.29 is 68.2 Å². The Morgan fingerprint density at radius 3 is 2.15 bits per heavy atom. The van der Waals surface area contributed by atoms with Gasteiger partial charge in [-0.05, 0) is 93.6 Å². The lowest BCUT2D eigenvalue weighted by molar-refractivity contribution is -0.144. The van der Waals surface area contributed by atoms with Crippen LogP contribution in [0, 0.1) is 46.9 Å². The van der Waals surface area contributed by atoms with E-state index < -0.39 is 141 Å². The molecule has 5 unspecified atom stereocenters. The predicted octanol–water partition coefficient (Wildman–Crippen LogP) is 10.3. The second-order valence-corrected chi connectivity index (χ2v) is 21.4. The van der Waals surface area contributed by atoms with E-state index >= 15 is 22.0 Å². The first-order chi connectivity index (χ1) is 37.0. The van der Waals surface area contributed by atoms with Crippen LogP contribution >= 0.6 is 23.6 Å². The molecule has 6 rings (SSSR count). The number of pyridine rings is 1. The summed E-state index contributed by atoms with van der Waals surface area (Å²) in [7, 11) is 1.06. The fraction of sp³-hybridized carbons (Fsp3) is 0.407. The van der Waals surface area contributed by atoms with Gasteiger partial charge in [0.2, 0.25) is 17.7 Å². The molecule has 3 aromatic carbocycles. The number of rotatable bonds is 19. The van der Waals surface area contributed by atoms with E-state index in [0.717, 1.165) is 56.9 Å². The van der Waals surface area contributed by atoms with Crippen molar-refractivity contribution in [3.8, 4) is 33.5 Å². The van der Waals surface area contributed by atoms with Crippen LogP contribution in [0.1, 0.15) is 82.8 Å². The monoisotopic (exact) mass is 1150 g/mol. The van der Waals surface area contributed by atoms with Crippen LogP contribution in [0.15, 0.2) is 66.3 Å². The number of carbonyl (C=O) groups excluding carboxylic acids is 4. The molecule has 79 heavy (non-hydrogen) atoms. The number of benzene rings is 3. The lowest BCUT2D eigenvalue weighted by Crippen LogP contribution is -2.58. The molecular weight excluding hydrogens is 1090 g/mol. The lowest BCUT2D eigenvalue weighted by atomic mass is 9.85. The van der Waals surface area contributed by atoms with Gasteiger partial charge in [-0.2, -0.15) is 18.4 Å². The zero-order valence-electron chi connectivity index (χ0n) is 43.9. The molecule has 5 aromatic rings. The van der Waals surface area contributed by atoms with Gasteiger partial charge in [0, 0.05) is 25.2 Å². The molecule has 1 fully saturated rings. The molecule has 422 valence electrons. The molecule has 14 nitrogen and oxygen atoms in total. The highest BCUT2D eigenvalue weighted by Gasteiger charge is 2.43. The minimum Gasteiger partial charge on any atom is -0.484 e. The number of hydrogen-bond donors (Lipinski definition) is 2. The summed E-state index contributed by atoms with van der Waals surface area (Å²) < 4.78 is 143. The first-order valence-corrected chi connectivity index (χ1v) is 25.7. The zero-order valence-corrected chi connectivity index (χ0v) is 45.5. The van der Waals surface area contributed by atoms with Crippen molar-refractivity contribution >= 4 is 64.0 Å². The molecule has 5 atom stereocenters. The summed E-state index contributed by atoms with van der Waals surface area (Å²) in [6.07, 6.45) is -8.18. The molecule has 0 radical (unpaired) electrons. The molecular formula is C54H55F9N8O6S2. The van der Waals surface area contributed by atoms with E-state index in [0.29, 0.717) is 37.3 Å². The van der Waals surface area contributed by atoms with Crippen molar-refractivity contribution in [2.45, 2.75) is 103 Å². The van der Waals surface area contributed by atoms with Crippen LogP contribution in [0.4, 0.5) is 50.9 Å². The van der Waals surface area contributed by atoms with Crippen molar-refractivity contribution in [1.29, 1.82) is 5.26 Å². The summed E-state index contributed by atoms with van der Waals surface area (Å²) in [4.78, 5) is 65.3. The second kappa shape index (κ2) is 24.9. The average Bonchev–Trinajstić information content (AvgIpc) is 4.20. The number of alkyl halides is 5. The number of thiocarbonyl (C=S) groups is 1. The van der Waals surface area contributed by atoms with Crippen molar-refractivity contribution in [3.63, 3.8) is 0 Å². The van der Waals surface area contributed by atoms with Crippen molar-refractivity contribution in [1.82, 2.24) is 25.5 Å².